The summed E-state index contributed by atoms with van der Waals surface area (Å²) < 4.78 is 12.9. The second-order valence-corrected chi connectivity index (χ2v) is 3.97. The summed E-state index contributed by atoms with van der Waals surface area (Å²) >= 11 is 0. The van der Waals surface area contributed by atoms with E-state index >= 15 is 0 Å². The summed E-state index contributed by atoms with van der Waals surface area (Å²) in [6.45, 7) is 1.07. The van der Waals surface area contributed by atoms with E-state index < -0.39 is 0 Å². The molecule has 2 atom stereocenters. The van der Waals surface area contributed by atoms with E-state index in [1.54, 1.807) is 12.3 Å². The average molecular weight is 190 g/mol. The van der Waals surface area contributed by atoms with Gasteiger partial charge in [-0.25, -0.2) is 4.39 Å². The topological polar surface area (TPSA) is 24.9 Å². The zero-order chi connectivity index (χ0) is 9.54. The highest BCUT2D eigenvalue weighted by Gasteiger charge is 2.34. The van der Waals surface area contributed by atoms with Crippen LogP contribution in [-0.4, -0.2) is 17.6 Å². The second-order valence-electron chi connectivity index (χ2n) is 3.97. The highest BCUT2D eigenvalue weighted by atomic mass is 19.1. The lowest BCUT2D eigenvalue weighted by atomic mass is 9.95. The van der Waals surface area contributed by atoms with Crippen LogP contribution in [0.4, 0.5) is 4.39 Å². The molecule has 72 valence electrons. The zero-order valence-corrected chi connectivity index (χ0v) is 7.70. The SMILES string of the molecule is Fc1cncc(C2=C[C@H]3CN[C@H]3C2)c1. The smallest absolute Gasteiger partial charge is 0.142 e. The predicted molar refractivity (Wildman–Crippen MR) is 52.1 cm³/mol. The Bertz CT molecular complexity index is 400. The molecule has 0 saturated carbocycles. The first-order valence-corrected chi connectivity index (χ1v) is 4.88. The van der Waals surface area contributed by atoms with Crippen molar-refractivity contribution in [2.75, 3.05) is 6.54 Å². The Kier molecular flexibility index (Phi) is 1.67. The van der Waals surface area contributed by atoms with Crippen molar-refractivity contribution in [3.8, 4) is 0 Å². The van der Waals surface area contributed by atoms with Crippen LogP contribution in [0.1, 0.15) is 12.0 Å². The molecular weight excluding hydrogens is 179 g/mol. The van der Waals surface area contributed by atoms with Gasteiger partial charge in [-0.1, -0.05) is 6.08 Å². The molecule has 14 heavy (non-hydrogen) atoms. The summed E-state index contributed by atoms with van der Waals surface area (Å²) in [7, 11) is 0. The van der Waals surface area contributed by atoms with Crippen LogP contribution in [0, 0.1) is 11.7 Å². The molecule has 3 heteroatoms. The van der Waals surface area contributed by atoms with Gasteiger partial charge in [-0.15, -0.1) is 0 Å². The van der Waals surface area contributed by atoms with E-state index in [4.69, 9.17) is 0 Å². The lowest BCUT2D eigenvalue weighted by molar-refractivity contribution is 0.306. The highest BCUT2D eigenvalue weighted by Crippen LogP contribution is 2.35. The fourth-order valence-electron chi connectivity index (χ4n) is 2.18. The van der Waals surface area contributed by atoms with E-state index in [9.17, 15) is 4.39 Å². The first-order valence-electron chi connectivity index (χ1n) is 4.88. The fourth-order valence-corrected chi connectivity index (χ4v) is 2.18. The standard InChI is InChI=1S/C11H11FN2/c12-10-2-8(4-13-6-10)7-1-9-5-14-11(9)3-7/h1-2,4,6,9,11,14H,3,5H2/t9-,11-/m0/s1. The second kappa shape index (κ2) is 2.89. The number of rotatable bonds is 1. The third-order valence-corrected chi connectivity index (χ3v) is 3.06. The van der Waals surface area contributed by atoms with Gasteiger partial charge in [0.1, 0.15) is 5.82 Å². The Morgan fingerprint density at radius 3 is 2.93 bits per heavy atom. The molecule has 0 radical (unpaired) electrons. The van der Waals surface area contributed by atoms with Crippen molar-refractivity contribution in [1.82, 2.24) is 10.3 Å². The summed E-state index contributed by atoms with van der Waals surface area (Å²) in [5, 5.41) is 3.36. The predicted octanol–water partition coefficient (Wildman–Crippen LogP) is 1.60. The number of nitrogens with zero attached hydrogens (tertiary/aromatic N) is 1. The molecule has 0 bridgehead atoms. The van der Waals surface area contributed by atoms with Crippen molar-refractivity contribution in [3.05, 3.63) is 35.9 Å². The van der Waals surface area contributed by atoms with E-state index in [0.29, 0.717) is 12.0 Å². The molecule has 1 fully saturated rings. The van der Waals surface area contributed by atoms with Gasteiger partial charge in [-0.05, 0) is 23.6 Å². The minimum Gasteiger partial charge on any atom is -0.312 e. The maximum atomic E-state index is 12.9. The molecule has 1 aromatic heterocycles. The summed E-state index contributed by atoms with van der Waals surface area (Å²) in [5.74, 6) is 0.406. The first kappa shape index (κ1) is 8.12. The molecule has 1 N–H and O–H groups in total. The van der Waals surface area contributed by atoms with Gasteiger partial charge in [-0.2, -0.15) is 0 Å². The maximum absolute atomic E-state index is 12.9. The quantitative estimate of drug-likeness (QED) is 0.727. The first-order chi connectivity index (χ1) is 6.83. The molecule has 0 amide bonds. The summed E-state index contributed by atoms with van der Waals surface area (Å²) in [4.78, 5) is 3.86. The monoisotopic (exact) mass is 190 g/mol. The lowest BCUT2D eigenvalue weighted by Gasteiger charge is -2.31. The van der Waals surface area contributed by atoms with E-state index in [1.807, 2.05) is 0 Å². The Balaban J connectivity index is 1.92. The minimum absolute atomic E-state index is 0.254. The third-order valence-electron chi connectivity index (χ3n) is 3.06. The van der Waals surface area contributed by atoms with Gasteiger partial charge in [0, 0.05) is 24.7 Å². The van der Waals surface area contributed by atoms with Crippen molar-refractivity contribution in [3.63, 3.8) is 0 Å². The Morgan fingerprint density at radius 2 is 2.36 bits per heavy atom. The normalized spacial score (nSPS) is 29.4. The van der Waals surface area contributed by atoms with Crippen LogP contribution in [0.5, 0.6) is 0 Å². The third kappa shape index (κ3) is 1.16. The van der Waals surface area contributed by atoms with Gasteiger partial charge in [-0.3, -0.25) is 4.98 Å². The molecule has 1 aromatic rings. The van der Waals surface area contributed by atoms with Crippen LogP contribution >= 0.6 is 0 Å². The van der Waals surface area contributed by atoms with Gasteiger partial charge in [0.2, 0.25) is 0 Å². The Morgan fingerprint density at radius 1 is 1.43 bits per heavy atom. The lowest BCUT2D eigenvalue weighted by Crippen LogP contribution is -2.49. The molecule has 3 rings (SSSR count). The number of fused-ring (bicyclic) bond motifs is 1. The van der Waals surface area contributed by atoms with Crippen molar-refractivity contribution < 1.29 is 4.39 Å². The largest absolute Gasteiger partial charge is 0.312 e. The van der Waals surface area contributed by atoms with Gasteiger partial charge < -0.3 is 5.32 Å². The van der Waals surface area contributed by atoms with Crippen molar-refractivity contribution >= 4 is 5.57 Å². The van der Waals surface area contributed by atoms with Crippen molar-refractivity contribution in [1.29, 1.82) is 0 Å². The van der Waals surface area contributed by atoms with Crippen molar-refractivity contribution in [2.24, 2.45) is 5.92 Å². The van der Waals surface area contributed by atoms with Crippen LogP contribution in [-0.2, 0) is 0 Å². The molecule has 2 heterocycles. The summed E-state index contributed by atoms with van der Waals surface area (Å²) in [6.07, 6.45) is 6.24. The molecule has 0 aromatic carbocycles. The number of hydrogen-bond acceptors (Lipinski definition) is 2. The minimum atomic E-state index is -0.254. The van der Waals surface area contributed by atoms with E-state index in [2.05, 4.69) is 16.4 Å². The molecule has 1 aliphatic heterocycles. The highest BCUT2D eigenvalue weighted by molar-refractivity contribution is 5.68. The van der Waals surface area contributed by atoms with Gasteiger partial charge >= 0.3 is 0 Å². The number of halogens is 1. The van der Waals surface area contributed by atoms with Crippen LogP contribution < -0.4 is 5.32 Å². The van der Waals surface area contributed by atoms with E-state index in [0.717, 1.165) is 18.5 Å². The van der Waals surface area contributed by atoms with Crippen molar-refractivity contribution in [2.45, 2.75) is 12.5 Å². The zero-order valence-electron chi connectivity index (χ0n) is 7.70. The van der Waals surface area contributed by atoms with Crippen LogP contribution in [0.2, 0.25) is 0 Å². The van der Waals surface area contributed by atoms with Crippen LogP contribution in [0.15, 0.2) is 24.5 Å². The van der Waals surface area contributed by atoms with Crippen LogP contribution in [0.25, 0.3) is 5.57 Å². The van der Waals surface area contributed by atoms with Gasteiger partial charge in [0.15, 0.2) is 0 Å². The van der Waals surface area contributed by atoms with Crippen LogP contribution in [0.3, 0.4) is 0 Å². The molecule has 1 saturated heterocycles. The molecule has 2 aliphatic rings. The van der Waals surface area contributed by atoms with Gasteiger partial charge in [0.05, 0.1) is 6.20 Å². The molecule has 1 aliphatic carbocycles. The van der Waals surface area contributed by atoms with E-state index in [1.165, 1.54) is 11.8 Å². The molecule has 2 nitrogen and oxygen atoms in total. The fraction of sp³-hybridized carbons (Fsp3) is 0.364. The Hall–Kier alpha value is -1.22. The van der Waals surface area contributed by atoms with E-state index in [-0.39, 0.29) is 5.82 Å². The molecule has 0 unspecified atom stereocenters. The van der Waals surface area contributed by atoms with Gasteiger partial charge in [0.25, 0.3) is 0 Å². The molecular formula is C11H11FN2. The number of nitrogens with one attached hydrogen (secondary N) is 1. The molecule has 0 spiro atoms. The maximum Gasteiger partial charge on any atom is 0.142 e. The number of hydrogen-bond donors (Lipinski definition) is 1. The number of pyridine rings is 1. The average Bonchev–Trinajstić information content (AvgIpc) is 2.43. The Labute approximate surface area is 81.9 Å². The summed E-state index contributed by atoms with van der Waals surface area (Å²) in [6, 6.07) is 2.15. The summed E-state index contributed by atoms with van der Waals surface area (Å²) in [5.41, 5.74) is 2.17. The number of aromatic nitrogens is 1.